The van der Waals surface area contributed by atoms with E-state index in [2.05, 4.69) is 42.9 Å². The van der Waals surface area contributed by atoms with Gasteiger partial charge in [-0.2, -0.15) is 0 Å². The molecule has 1 heterocycles. The molecule has 0 aromatic carbocycles. The summed E-state index contributed by atoms with van der Waals surface area (Å²) in [6, 6.07) is 2.62. The number of rotatable bonds is 6. The Morgan fingerprint density at radius 3 is 2.45 bits per heavy atom. The summed E-state index contributed by atoms with van der Waals surface area (Å²) in [6.07, 6.45) is 1.53. The highest BCUT2D eigenvalue weighted by Crippen LogP contribution is 2.11. The Bertz CT molecular complexity index is 449. The van der Waals surface area contributed by atoms with Crippen molar-refractivity contribution in [3.8, 4) is 0 Å². The number of hydrogen-bond acceptors (Lipinski definition) is 4. The maximum atomic E-state index is 12.0. The first-order valence-electron chi connectivity index (χ1n) is 7.09. The summed E-state index contributed by atoms with van der Waals surface area (Å²) < 4.78 is 0. The second-order valence-electron chi connectivity index (χ2n) is 5.59. The Balaban J connectivity index is 2.55. The third-order valence-electron chi connectivity index (χ3n) is 3.30. The van der Waals surface area contributed by atoms with Gasteiger partial charge in [0.05, 0.1) is 5.56 Å². The van der Waals surface area contributed by atoms with Crippen LogP contribution in [-0.2, 0) is 0 Å². The number of aromatic nitrogens is 1. The molecule has 0 radical (unpaired) electrons. The summed E-state index contributed by atoms with van der Waals surface area (Å²) in [7, 11) is 0. The van der Waals surface area contributed by atoms with Crippen LogP contribution >= 0.6 is 0 Å². The molecule has 5 nitrogen and oxygen atoms in total. The van der Waals surface area contributed by atoms with Crippen LogP contribution in [0.25, 0.3) is 0 Å². The van der Waals surface area contributed by atoms with Crippen LogP contribution in [0.5, 0.6) is 0 Å². The van der Waals surface area contributed by atoms with Gasteiger partial charge in [-0.05, 0) is 40.7 Å². The molecule has 0 fully saturated rings. The molecule has 0 spiro atoms. The molecule has 5 heteroatoms. The molecule has 0 saturated carbocycles. The lowest BCUT2D eigenvalue weighted by molar-refractivity contribution is 0.0940. The molecule has 112 valence electrons. The number of nitrogens with zero attached hydrogens (tertiary/aromatic N) is 2. The van der Waals surface area contributed by atoms with Crippen molar-refractivity contribution in [2.45, 2.75) is 46.7 Å². The average molecular weight is 278 g/mol. The van der Waals surface area contributed by atoms with E-state index >= 15 is 0 Å². The predicted octanol–water partition coefficient (Wildman–Crippen LogP) is 1.82. The second kappa shape index (κ2) is 7.24. The largest absolute Gasteiger partial charge is 0.398 e. The molecule has 1 aromatic heterocycles. The number of nitrogen functional groups attached to an aromatic ring is 1. The quantitative estimate of drug-likeness (QED) is 0.832. The maximum absolute atomic E-state index is 12.0. The van der Waals surface area contributed by atoms with Crippen LogP contribution in [0.1, 0.15) is 43.7 Å². The number of nitrogens with two attached hydrogens (primary N) is 1. The number of pyridine rings is 1. The van der Waals surface area contributed by atoms with Gasteiger partial charge in [-0.25, -0.2) is 0 Å². The molecule has 1 rings (SSSR count). The monoisotopic (exact) mass is 278 g/mol. The van der Waals surface area contributed by atoms with E-state index in [-0.39, 0.29) is 5.91 Å². The zero-order valence-corrected chi connectivity index (χ0v) is 13.1. The molecule has 0 aliphatic rings. The van der Waals surface area contributed by atoms with Crippen molar-refractivity contribution >= 4 is 11.6 Å². The fourth-order valence-electron chi connectivity index (χ4n) is 2.28. The Hall–Kier alpha value is -1.62. The molecule has 0 aliphatic heterocycles. The van der Waals surface area contributed by atoms with E-state index < -0.39 is 0 Å². The predicted molar refractivity (Wildman–Crippen MR) is 82.7 cm³/mol. The molecule has 0 unspecified atom stereocenters. The van der Waals surface area contributed by atoms with Crippen LogP contribution < -0.4 is 11.1 Å². The number of carbonyl (C=O) groups is 1. The summed E-state index contributed by atoms with van der Waals surface area (Å²) in [6.45, 7) is 11.9. The minimum Gasteiger partial charge on any atom is -0.398 e. The highest BCUT2D eigenvalue weighted by molar-refractivity contribution is 5.98. The van der Waals surface area contributed by atoms with E-state index in [1.54, 1.807) is 6.07 Å². The zero-order valence-electron chi connectivity index (χ0n) is 13.1. The van der Waals surface area contributed by atoms with E-state index in [4.69, 9.17) is 5.73 Å². The van der Waals surface area contributed by atoms with Gasteiger partial charge in [0.15, 0.2) is 0 Å². The molecule has 0 atom stereocenters. The van der Waals surface area contributed by atoms with Crippen molar-refractivity contribution in [3.63, 3.8) is 0 Å². The Morgan fingerprint density at radius 1 is 1.35 bits per heavy atom. The fraction of sp³-hybridized carbons (Fsp3) is 0.600. The van der Waals surface area contributed by atoms with Gasteiger partial charge in [-0.15, -0.1) is 0 Å². The van der Waals surface area contributed by atoms with Gasteiger partial charge in [-0.3, -0.25) is 14.7 Å². The van der Waals surface area contributed by atoms with E-state index in [9.17, 15) is 4.79 Å². The summed E-state index contributed by atoms with van der Waals surface area (Å²) in [4.78, 5) is 18.5. The molecule has 0 bridgehead atoms. The minimum atomic E-state index is -0.164. The third kappa shape index (κ3) is 4.49. The van der Waals surface area contributed by atoms with Crippen molar-refractivity contribution in [1.82, 2.24) is 15.2 Å². The van der Waals surface area contributed by atoms with E-state index in [1.807, 2.05) is 6.92 Å². The lowest BCUT2D eigenvalue weighted by Gasteiger charge is -2.30. The first kappa shape index (κ1) is 16.4. The molecule has 20 heavy (non-hydrogen) atoms. The van der Waals surface area contributed by atoms with Crippen molar-refractivity contribution in [1.29, 1.82) is 0 Å². The van der Waals surface area contributed by atoms with E-state index in [0.717, 1.165) is 12.2 Å². The lowest BCUT2D eigenvalue weighted by atomic mass is 10.2. The molecule has 1 aromatic rings. The van der Waals surface area contributed by atoms with Gasteiger partial charge in [0.2, 0.25) is 0 Å². The number of hydrogen-bond donors (Lipinski definition) is 2. The van der Waals surface area contributed by atoms with Crippen molar-refractivity contribution in [3.05, 3.63) is 23.5 Å². The molecular weight excluding hydrogens is 252 g/mol. The van der Waals surface area contributed by atoms with E-state index in [0.29, 0.717) is 29.9 Å². The number of carbonyl (C=O) groups excluding carboxylic acids is 1. The molecular formula is C15H26N4O. The molecule has 1 amide bonds. The Morgan fingerprint density at radius 2 is 1.95 bits per heavy atom. The zero-order chi connectivity index (χ0) is 15.3. The van der Waals surface area contributed by atoms with Crippen LogP contribution in [-0.4, -0.2) is 41.0 Å². The minimum absolute atomic E-state index is 0.164. The highest BCUT2D eigenvalue weighted by atomic mass is 16.1. The molecule has 3 N–H and O–H groups in total. The number of nitrogens with one attached hydrogen (secondary N) is 1. The van der Waals surface area contributed by atoms with Gasteiger partial charge in [0.1, 0.15) is 0 Å². The van der Waals surface area contributed by atoms with Crippen molar-refractivity contribution in [2.75, 3.05) is 18.8 Å². The second-order valence-corrected chi connectivity index (χ2v) is 5.59. The van der Waals surface area contributed by atoms with Crippen LogP contribution in [0.4, 0.5) is 5.69 Å². The van der Waals surface area contributed by atoms with Crippen molar-refractivity contribution in [2.24, 2.45) is 0 Å². The van der Waals surface area contributed by atoms with Crippen LogP contribution in [0.15, 0.2) is 12.3 Å². The summed E-state index contributed by atoms with van der Waals surface area (Å²) in [5.74, 6) is -0.164. The van der Waals surface area contributed by atoms with E-state index in [1.165, 1.54) is 6.20 Å². The maximum Gasteiger partial charge on any atom is 0.254 e. The topological polar surface area (TPSA) is 71.2 Å². The Kier molecular flexibility index (Phi) is 5.95. The standard InChI is InChI=1S/C15H26N4O/c1-10(2)19(11(3)4)7-6-17-15(20)13-9-18-12(5)8-14(13)16/h8-11H,6-7H2,1-5H3,(H2,16,18)(H,17,20). The molecule has 0 saturated heterocycles. The lowest BCUT2D eigenvalue weighted by Crippen LogP contribution is -2.42. The van der Waals surface area contributed by atoms with Gasteiger partial charge in [0, 0.05) is 42.8 Å². The van der Waals surface area contributed by atoms with Crippen molar-refractivity contribution < 1.29 is 4.79 Å². The average Bonchev–Trinajstić information content (AvgIpc) is 2.33. The van der Waals surface area contributed by atoms with Crippen LogP contribution in [0, 0.1) is 6.92 Å². The number of anilines is 1. The van der Waals surface area contributed by atoms with Crippen LogP contribution in [0.2, 0.25) is 0 Å². The van der Waals surface area contributed by atoms with Gasteiger partial charge in [-0.1, -0.05) is 0 Å². The fourth-order valence-corrected chi connectivity index (χ4v) is 2.28. The smallest absolute Gasteiger partial charge is 0.254 e. The van der Waals surface area contributed by atoms with Gasteiger partial charge < -0.3 is 11.1 Å². The van der Waals surface area contributed by atoms with Gasteiger partial charge >= 0.3 is 0 Å². The summed E-state index contributed by atoms with van der Waals surface area (Å²) in [5, 5.41) is 2.90. The summed E-state index contributed by atoms with van der Waals surface area (Å²) >= 11 is 0. The number of amides is 1. The first-order chi connectivity index (χ1) is 9.32. The van der Waals surface area contributed by atoms with Crippen LogP contribution in [0.3, 0.4) is 0 Å². The molecule has 0 aliphatic carbocycles. The normalized spacial score (nSPS) is 11.4. The van der Waals surface area contributed by atoms with Gasteiger partial charge in [0.25, 0.3) is 5.91 Å². The highest BCUT2D eigenvalue weighted by Gasteiger charge is 2.14. The Labute approximate surface area is 121 Å². The third-order valence-corrected chi connectivity index (χ3v) is 3.30. The number of aryl methyl sites for hydroxylation is 1. The first-order valence-corrected chi connectivity index (χ1v) is 7.09. The SMILES string of the molecule is Cc1cc(N)c(C(=O)NCCN(C(C)C)C(C)C)cn1. The summed E-state index contributed by atoms with van der Waals surface area (Å²) in [5.41, 5.74) is 7.56.